The molecule has 0 radical (unpaired) electrons. The summed E-state index contributed by atoms with van der Waals surface area (Å²) in [6.45, 7) is 7.37. The van der Waals surface area contributed by atoms with Gasteiger partial charge < -0.3 is 10.0 Å². The molecule has 2 aromatic carbocycles. The van der Waals surface area contributed by atoms with Crippen LogP contribution < -0.4 is 9.62 Å². The minimum Gasteiger partial charge on any atom is -0.478 e. The van der Waals surface area contributed by atoms with Crippen molar-refractivity contribution in [2.45, 2.75) is 38.5 Å². The fourth-order valence-electron chi connectivity index (χ4n) is 3.63. The maximum Gasteiger partial charge on any atom is 0.335 e. The van der Waals surface area contributed by atoms with Crippen LogP contribution in [0, 0.1) is 19.8 Å². The number of hydrogen-bond donors (Lipinski definition) is 2. The summed E-state index contributed by atoms with van der Waals surface area (Å²) >= 11 is 0. The third kappa shape index (κ3) is 4.30. The van der Waals surface area contributed by atoms with E-state index in [4.69, 9.17) is 0 Å². The fraction of sp³-hybridized carbons (Fsp3) is 0.381. The molecule has 1 saturated heterocycles. The van der Waals surface area contributed by atoms with E-state index in [1.165, 1.54) is 12.1 Å². The molecule has 6 nitrogen and oxygen atoms in total. The lowest BCUT2D eigenvalue weighted by molar-refractivity contribution is 0.0697. The van der Waals surface area contributed by atoms with Crippen LogP contribution in [0.25, 0.3) is 0 Å². The van der Waals surface area contributed by atoms with Gasteiger partial charge in [-0.2, -0.15) is 0 Å². The minimum absolute atomic E-state index is 0.0486. The van der Waals surface area contributed by atoms with Crippen LogP contribution in [-0.2, 0) is 10.0 Å². The molecule has 0 spiro atoms. The first-order valence-electron chi connectivity index (χ1n) is 9.40. The van der Waals surface area contributed by atoms with Gasteiger partial charge in [0.1, 0.15) is 0 Å². The highest BCUT2D eigenvalue weighted by Crippen LogP contribution is 2.33. The number of sulfonamides is 1. The Hall–Kier alpha value is -2.54. The van der Waals surface area contributed by atoms with E-state index in [1.54, 1.807) is 25.1 Å². The molecular formula is C21H26N2O4S. The van der Waals surface area contributed by atoms with Crippen LogP contribution in [0.5, 0.6) is 0 Å². The Morgan fingerprint density at radius 3 is 2.61 bits per heavy atom. The molecule has 2 aromatic rings. The smallest absolute Gasteiger partial charge is 0.335 e. The number of carbonyl (C=O) groups is 1. The van der Waals surface area contributed by atoms with Gasteiger partial charge in [0.2, 0.25) is 0 Å². The van der Waals surface area contributed by atoms with Gasteiger partial charge in [-0.05, 0) is 68.0 Å². The van der Waals surface area contributed by atoms with E-state index in [2.05, 4.69) is 16.5 Å². The number of hydrogen-bond acceptors (Lipinski definition) is 4. The van der Waals surface area contributed by atoms with Crippen molar-refractivity contribution in [3.63, 3.8) is 0 Å². The van der Waals surface area contributed by atoms with E-state index >= 15 is 0 Å². The molecule has 28 heavy (non-hydrogen) atoms. The van der Waals surface area contributed by atoms with Crippen molar-refractivity contribution < 1.29 is 18.3 Å². The molecule has 0 aliphatic carbocycles. The highest BCUT2D eigenvalue weighted by Gasteiger charge is 2.24. The zero-order valence-corrected chi connectivity index (χ0v) is 17.2. The molecule has 7 heteroatoms. The molecule has 0 aromatic heterocycles. The number of nitrogens with one attached hydrogen (secondary N) is 1. The molecule has 3 rings (SSSR count). The Morgan fingerprint density at radius 2 is 1.93 bits per heavy atom. The molecule has 1 atom stereocenters. The van der Waals surface area contributed by atoms with Gasteiger partial charge >= 0.3 is 5.97 Å². The first-order chi connectivity index (χ1) is 13.2. The second-order valence-electron chi connectivity index (χ2n) is 7.60. The van der Waals surface area contributed by atoms with Gasteiger partial charge in [-0.15, -0.1) is 0 Å². The molecule has 1 aliphatic heterocycles. The lowest BCUT2D eigenvalue weighted by Gasteiger charge is -2.34. The normalized spacial score (nSPS) is 17.4. The second-order valence-corrected chi connectivity index (χ2v) is 9.26. The molecule has 2 N–H and O–H groups in total. The van der Waals surface area contributed by atoms with E-state index in [1.807, 2.05) is 13.0 Å². The van der Waals surface area contributed by atoms with E-state index < -0.39 is 16.0 Å². The van der Waals surface area contributed by atoms with E-state index in [9.17, 15) is 18.3 Å². The SMILES string of the molecule is Cc1ccc(C)c(S(=O)(=O)Nc2cc(C(=O)O)ccc2N2CCCC(C)C2)c1. The molecular weight excluding hydrogens is 376 g/mol. The van der Waals surface area contributed by atoms with Gasteiger partial charge in [0, 0.05) is 13.1 Å². The van der Waals surface area contributed by atoms with Crippen molar-refractivity contribution >= 4 is 27.4 Å². The topological polar surface area (TPSA) is 86.7 Å². The van der Waals surface area contributed by atoms with Crippen LogP contribution in [0.15, 0.2) is 41.3 Å². The summed E-state index contributed by atoms with van der Waals surface area (Å²) in [5.41, 5.74) is 2.55. The van der Waals surface area contributed by atoms with Crippen molar-refractivity contribution in [3.05, 3.63) is 53.1 Å². The first-order valence-corrected chi connectivity index (χ1v) is 10.9. The number of rotatable bonds is 5. The molecule has 0 amide bonds. The van der Waals surface area contributed by atoms with E-state index in [0.29, 0.717) is 22.9 Å². The lowest BCUT2D eigenvalue weighted by Crippen LogP contribution is -2.35. The summed E-state index contributed by atoms with van der Waals surface area (Å²) in [6.07, 6.45) is 2.15. The zero-order chi connectivity index (χ0) is 20.5. The Morgan fingerprint density at radius 1 is 1.18 bits per heavy atom. The van der Waals surface area contributed by atoms with Gasteiger partial charge in [-0.1, -0.05) is 19.1 Å². The van der Waals surface area contributed by atoms with Crippen LogP contribution in [0.2, 0.25) is 0 Å². The summed E-state index contributed by atoms with van der Waals surface area (Å²) in [7, 11) is -3.85. The number of anilines is 2. The summed E-state index contributed by atoms with van der Waals surface area (Å²) in [4.78, 5) is 13.8. The van der Waals surface area contributed by atoms with Crippen molar-refractivity contribution in [1.82, 2.24) is 0 Å². The van der Waals surface area contributed by atoms with Crippen LogP contribution in [0.4, 0.5) is 11.4 Å². The van der Waals surface area contributed by atoms with E-state index in [-0.39, 0.29) is 10.5 Å². The maximum atomic E-state index is 13.1. The van der Waals surface area contributed by atoms with Crippen LogP contribution in [-0.4, -0.2) is 32.6 Å². The quantitative estimate of drug-likeness (QED) is 0.788. The standard InChI is InChI=1S/C21H26N2O4S/c1-14-6-7-16(3)20(11-14)28(26,27)22-18-12-17(21(24)25)8-9-19(18)23-10-4-5-15(2)13-23/h6-9,11-12,15,22H,4-5,10,13H2,1-3H3,(H,24,25). The molecule has 0 saturated carbocycles. The predicted octanol–water partition coefficient (Wildman–Crippen LogP) is 4.04. The van der Waals surface area contributed by atoms with E-state index in [0.717, 1.165) is 31.5 Å². The number of piperidine rings is 1. The largest absolute Gasteiger partial charge is 0.478 e. The Balaban J connectivity index is 2.04. The van der Waals surface area contributed by atoms with Crippen molar-refractivity contribution in [2.24, 2.45) is 5.92 Å². The van der Waals surface area contributed by atoms with Gasteiger partial charge in [-0.3, -0.25) is 4.72 Å². The van der Waals surface area contributed by atoms with Gasteiger partial charge in [0.25, 0.3) is 10.0 Å². The lowest BCUT2D eigenvalue weighted by atomic mass is 9.99. The first kappa shape index (κ1) is 20.2. The van der Waals surface area contributed by atoms with Crippen LogP contribution >= 0.6 is 0 Å². The highest BCUT2D eigenvalue weighted by molar-refractivity contribution is 7.92. The number of aryl methyl sites for hydroxylation is 2. The monoisotopic (exact) mass is 402 g/mol. The third-order valence-electron chi connectivity index (χ3n) is 5.12. The molecule has 1 unspecified atom stereocenters. The summed E-state index contributed by atoms with van der Waals surface area (Å²) in [6, 6.07) is 9.88. The summed E-state index contributed by atoms with van der Waals surface area (Å²) < 4.78 is 28.8. The number of nitrogens with zero attached hydrogens (tertiary/aromatic N) is 1. The number of aromatic carboxylic acids is 1. The van der Waals surface area contributed by atoms with Gasteiger partial charge in [-0.25, -0.2) is 13.2 Å². The fourth-order valence-corrected chi connectivity index (χ4v) is 5.03. The van der Waals surface area contributed by atoms with Crippen LogP contribution in [0.3, 0.4) is 0 Å². The maximum absolute atomic E-state index is 13.1. The average Bonchev–Trinajstić information content (AvgIpc) is 2.63. The summed E-state index contributed by atoms with van der Waals surface area (Å²) in [5, 5.41) is 9.36. The Bertz CT molecular complexity index is 1000. The predicted molar refractivity (Wildman–Crippen MR) is 111 cm³/mol. The summed E-state index contributed by atoms with van der Waals surface area (Å²) in [5.74, 6) is -0.595. The number of carboxylic acid groups (broad SMARTS) is 1. The van der Waals surface area contributed by atoms with Crippen molar-refractivity contribution in [3.8, 4) is 0 Å². The molecule has 1 fully saturated rings. The molecule has 1 heterocycles. The van der Waals surface area contributed by atoms with Crippen molar-refractivity contribution in [2.75, 3.05) is 22.7 Å². The second kappa shape index (κ2) is 7.83. The number of carboxylic acids is 1. The molecule has 150 valence electrons. The number of benzene rings is 2. The molecule has 0 bridgehead atoms. The Kier molecular flexibility index (Phi) is 5.65. The van der Waals surface area contributed by atoms with Crippen molar-refractivity contribution in [1.29, 1.82) is 0 Å². The highest BCUT2D eigenvalue weighted by atomic mass is 32.2. The average molecular weight is 403 g/mol. The minimum atomic E-state index is -3.85. The third-order valence-corrected chi connectivity index (χ3v) is 6.63. The van der Waals surface area contributed by atoms with Crippen LogP contribution in [0.1, 0.15) is 41.3 Å². The zero-order valence-electron chi connectivity index (χ0n) is 16.4. The molecule has 1 aliphatic rings. The van der Waals surface area contributed by atoms with Gasteiger partial charge in [0.15, 0.2) is 0 Å². The Labute approximate surface area is 166 Å². The van der Waals surface area contributed by atoms with Gasteiger partial charge in [0.05, 0.1) is 21.8 Å².